The Balaban J connectivity index is 0.00000363. The molecule has 1 aromatic heterocycles. The van der Waals surface area contributed by atoms with E-state index in [0.717, 1.165) is 49.5 Å². The highest BCUT2D eigenvalue weighted by atomic mass is 127. The normalized spacial score (nSPS) is 19.5. The highest BCUT2D eigenvalue weighted by molar-refractivity contribution is 14.0. The molecule has 32 heavy (non-hydrogen) atoms. The summed E-state index contributed by atoms with van der Waals surface area (Å²) < 4.78 is 17.3. The molecule has 1 fully saturated rings. The summed E-state index contributed by atoms with van der Waals surface area (Å²) in [5, 5.41) is 9.92. The van der Waals surface area contributed by atoms with Crippen LogP contribution in [0.2, 0.25) is 0 Å². The summed E-state index contributed by atoms with van der Waals surface area (Å²) in [5.41, 5.74) is 1.75. The number of guanidine groups is 1. The van der Waals surface area contributed by atoms with Gasteiger partial charge < -0.3 is 20.4 Å². The summed E-state index contributed by atoms with van der Waals surface area (Å²) >= 11 is 0. The molecular formula is C23H33IN4O3S. The predicted octanol–water partition coefficient (Wildman–Crippen LogP) is 4.28. The van der Waals surface area contributed by atoms with Gasteiger partial charge in [0, 0.05) is 40.1 Å². The van der Waals surface area contributed by atoms with E-state index in [1.165, 1.54) is 6.26 Å². The maximum atomic E-state index is 12.2. The molecule has 1 amide bonds. The predicted molar refractivity (Wildman–Crippen MR) is 141 cm³/mol. The van der Waals surface area contributed by atoms with Crippen LogP contribution in [0.25, 0.3) is 0 Å². The van der Waals surface area contributed by atoms with Crippen molar-refractivity contribution in [1.82, 2.24) is 10.6 Å². The zero-order valence-electron chi connectivity index (χ0n) is 18.6. The third-order valence-corrected chi connectivity index (χ3v) is 7.08. The highest BCUT2D eigenvalue weighted by Gasteiger charge is 2.26. The zero-order valence-corrected chi connectivity index (χ0v) is 21.8. The van der Waals surface area contributed by atoms with Crippen molar-refractivity contribution in [2.45, 2.75) is 57.4 Å². The van der Waals surface area contributed by atoms with Crippen LogP contribution in [0.5, 0.6) is 0 Å². The van der Waals surface area contributed by atoms with Gasteiger partial charge in [0.1, 0.15) is 0 Å². The molecule has 7 nitrogen and oxygen atoms in total. The Morgan fingerprint density at radius 1 is 1.19 bits per heavy atom. The summed E-state index contributed by atoms with van der Waals surface area (Å²) in [5.74, 6) is 1.52. The van der Waals surface area contributed by atoms with E-state index < -0.39 is 10.8 Å². The molecule has 1 heterocycles. The van der Waals surface area contributed by atoms with Crippen LogP contribution < -0.4 is 16.0 Å². The topological polar surface area (TPSA) is 95.7 Å². The summed E-state index contributed by atoms with van der Waals surface area (Å²) in [6.07, 6.45) is 5.62. The molecule has 1 aromatic carbocycles. The Labute approximate surface area is 209 Å². The molecule has 3 unspecified atom stereocenters. The Morgan fingerprint density at radius 2 is 1.97 bits per heavy atom. The van der Waals surface area contributed by atoms with E-state index in [2.05, 4.69) is 16.0 Å². The van der Waals surface area contributed by atoms with Crippen LogP contribution in [-0.2, 0) is 17.3 Å². The number of carbonyl (C=O) groups is 1. The van der Waals surface area contributed by atoms with E-state index in [1.54, 1.807) is 12.1 Å². The molecule has 3 atom stereocenters. The van der Waals surface area contributed by atoms with Crippen LogP contribution in [0.1, 0.15) is 55.6 Å². The van der Waals surface area contributed by atoms with Crippen LogP contribution in [0.4, 0.5) is 5.69 Å². The fourth-order valence-electron chi connectivity index (χ4n) is 3.73. The van der Waals surface area contributed by atoms with Crippen LogP contribution in [0.3, 0.4) is 0 Å². The lowest BCUT2D eigenvalue weighted by atomic mass is 9.95. The molecule has 1 aliphatic rings. The van der Waals surface area contributed by atoms with Gasteiger partial charge in [-0.1, -0.05) is 25.5 Å². The molecule has 1 aliphatic carbocycles. The summed E-state index contributed by atoms with van der Waals surface area (Å²) in [6, 6.07) is 11.2. The highest BCUT2D eigenvalue weighted by Crippen LogP contribution is 2.23. The van der Waals surface area contributed by atoms with E-state index in [4.69, 9.17) is 9.41 Å². The minimum Gasteiger partial charge on any atom is -0.459 e. The molecule has 176 valence electrons. The van der Waals surface area contributed by atoms with Gasteiger partial charge in [0.05, 0.1) is 12.8 Å². The number of halogens is 1. The average molecular weight is 573 g/mol. The van der Waals surface area contributed by atoms with Gasteiger partial charge >= 0.3 is 0 Å². The third kappa shape index (κ3) is 7.91. The Hall–Kier alpha value is -1.88. The Bertz CT molecular complexity index is 887. The smallest absolute Gasteiger partial charge is 0.291 e. The molecule has 3 rings (SSSR count). The lowest BCUT2D eigenvalue weighted by Crippen LogP contribution is -2.46. The van der Waals surface area contributed by atoms with Gasteiger partial charge in [-0.15, -0.1) is 24.0 Å². The number of rotatable bonds is 8. The van der Waals surface area contributed by atoms with Gasteiger partial charge in [-0.2, -0.15) is 0 Å². The van der Waals surface area contributed by atoms with Crippen LogP contribution in [-0.4, -0.2) is 39.7 Å². The first-order chi connectivity index (χ1) is 15.1. The number of nitrogens with zero attached hydrogens (tertiary/aromatic N) is 1. The molecular weight excluding hydrogens is 539 g/mol. The number of hydrogen-bond donors (Lipinski definition) is 3. The number of amides is 1. The number of aliphatic imine (C=N–C) groups is 1. The maximum Gasteiger partial charge on any atom is 0.291 e. The minimum absolute atomic E-state index is 0. The fraction of sp³-hybridized carbons (Fsp3) is 0.478. The van der Waals surface area contributed by atoms with Crippen molar-refractivity contribution in [3.05, 3.63) is 54.0 Å². The number of anilines is 1. The maximum absolute atomic E-state index is 12.2. The molecule has 0 spiro atoms. The number of benzene rings is 1. The van der Waals surface area contributed by atoms with E-state index in [-0.39, 0.29) is 40.9 Å². The molecule has 9 heteroatoms. The van der Waals surface area contributed by atoms with Crippen molar-refractivity contribution in [2.24, 2.45) is 4.99 Å². The van der Waals surface area contributed by atoms with E-state index in [1.807, 2.05) is 38.1 Å². The van der Waals surface area contributed by atoms with Gasteiger partial charge in [0.15, 0.2) is 11.7 Å². The van der Waals surface area contributed by atoms with Gasteiger partial charge in [-0.3, -0.25) is 9.00 Å². The number of furan rings is 1. The van der Waals surface area contributed by atoms with Crippen molar-refractivity contribution in [1.29, 1.82) is 0 Å². The SMILES string of the molecule is CCNC(=NCc1ccc(NC(=O)c2ccco2)cc1)NC1CCCC(S(=O)CC)C1.I. The average Bonchev–Trinajstić information content (AvgIpc) is 3.33. The standard InChI is InChI=1S/C23H32N4O3S.HI/c1-3-24-23(27-19-7-5-8-20(15-19)31(29)4-2)25-16-17-10-12-18(13-11-17)26-22(28)21-9-6-14-30-21;/h6,9-14,19-20H,3-5,7-8,15-16H2,1-2H3,(H,26,28)(H2,24,25,27);1H. The molecule has 0 radical (unpaired) electrons. The molecule has 0 bridgehead atoms. The van der Waals surface area contributed by atoms with Gasteiger partial charge in [-0.25, -0.2) is 4.99 Å². The minimum atomic E-state index is -0.739. The van der Waals surface area contributed by atoms with E-state index in [0.29, 0.717) is 18.3 Å². The van der Waals surface area contributed by atoms with Crippen LogP contribution in [0, 0.1) is 0 Å². The van der Waals surface area contributed by atoms with Gasteiger partial charge in [0.25, 0.3) is 5.91 Å². The van der Waals surface area contributed by atoms with Crippen molar-refractivity contribution in [2.75, 3.05) is 17.6 Å². The van der Waals surface area contributed by atoms with Crippen molar-refractivity contribution in [3.63, 3.8) is 0 Å². The van der Waals surface area contributed by atoms with Crippen molar-refractivity contribution in [3.8, 4) is 0 Å². The molecule has 2 aromatic rings. The number of hydrogen-bond acceptors (Lipinski definition) is 4. The monoisotopic (exact) mass is 572 g/mol. The number of carbonyl (C=O) groups excluding carboxylic acids is 1. The zero-order chi connectivity index (χ0) is 22.1. The second-order valence-electron chi connectivity index (χ2n) is 7.62. The lowest BCUT2D eigenvalue weighted by molar-refractivity contribution is 0.0996. The largest absolute Gasteiger partial charge is 0.459 e. The number of nitrogens with one attached hydrogen (secondary N) is 3. The van der Waals surface area contributed by atoms with Crippen molar-refractivity contribution < 1.29 is 13.4 Å². The van der Waals surface area contributed by atoms with E-state index in [9.17, 15) is 9.00 Å². The van der Waals surface area contributed by atoms with Gasteiger partial charge in [-0.05, 0) is 56.0 Å². The summed E-state index contributed by atoms with van der Waals surface area (Å²) in [6.45, 7) is 5.34. The Kier molecular flexibility index (Phi) is 11.2. The first kappa shape index (κ1) is 26.4. The third-order valence-electron chi connectivity index (χ3n) is 5.34. The van der Waals surface area contributed by atoms with Crippen LogP contribution >= 0.6 is 24.0 Å². The molecule has 0 saturated heterocycles. The molecule has 0 aliphatic heterocycles. The second kappa shape index (κ2) is 13.6. The molecule has 3 N–H and O–H groups in total. The first-order valence-corrected chi connectivity index (χ1v) is 12.3. The first-order valence-electron chi connectivity index (χ1n) is 10.9. The molecule has 1 saturated carbocycles. The summed E-state index contributed by atoms with van der Waals surface area (Å²) in [7, 11) is -0.739. The Morgan fingerprint density at radius 3 is 2.62 bits per heavy atom. The fourth-order valence-corrected chi connectivity index (χ4v) is 5.08. The summed E-state index contributed by atoms with van der Waals surface area (Å²) in [4.78, 5) is 16.8. The van der Waals surface area contributed by atoms with E-state index >= 15 is 0 Å². The van der Waals surface area contributed by atoms with Gasteiger partial charge in [0.2, 0.25) is 0 Å². The van der Waals surface area contributed by atoms with Crippen LogP contribution in [0.15, 0.2) is 52.1 Å². The quantitative estimate of drug-likeness (QED) is 0.249. The van der Waals surface area contributed by atoms with Crippen molar-refractivity contribution >= 4 is 52.3 Å². The lowest BCUT2D eigenvalue weighted by Gasteiger charge is -2.30. The second-order valence-corrected chi connectivity index (χ2v) is 9.63.